The number of nitrogens with zero attached hydrogens (tertiary/aromatic N) is 3. The van der Waals surface area contributed by atoms with Gasteiger partial charge in [0.25, 0.3) is 0 Å². The van der Waals surface area contributed by atoms with Gasteiger partial charge in [-0.25, -0.2) is 4.98 Å². The normalized spacial score (nSPS) is 10.7. The number of carbonyl (C=O) groups is 2. The van der Waals surface area contributed by atoms with Crippen LogP contribution >= 0.6 is 11.8 Å². The number of benzene rings is 2. The Bertz CT molecular complexity index is 1020. The minimum absolute atomic E-state index is 0.00121. The van der Waals surface area contributed by atoms with E-state index in [9.17, 15) is 9.59 Å². The summed E-state index contributed by atoms with van der Waals surface area (Å²) in [4.78, 5) is 30.5. The predicted molar refractivity (Wildman–Crippen MR) is 121 cm³/mol. The minimum Gasteiger partial charge on any atom is -0.336 e. The van der Waals surface area contributed by atoms with Gasteiger partial charge in [-0.3, -0.25) is 14.2 Å². The summed E-state index contributed by atoms with van der Waals surface area (Å²) in [5.41, 5.74) is 5.20. The topological polar surface area (TPSA) is 67.2 Å². The molecule has 0 radical (unpaired) electrons. The number of aromatic nitrogens is 2. The molecule has 1 aromatic heterocycles. The smallest absolute Gasteiger partial charge is 0.243 e. The quantitative estimate of drug-likeness (QED) is 0.585. The number of imidazole rings is 1. The van der Waals surface area contributed by atoms with Crippen LogP contribution in [-0.2, 0) is 9.59 Å². The molecule has 0 saturated heterocycles. The fraction of sp³-hybridized carbons (Fsp3) is 0.261. The first-order valence-corrected chi connectivity index (χ1v) is 10.7. The molecule has 7 heteroatoms. The number of likely N-dealkylation sites (N-methyl/N-ethyl adjacent to an activating group) is 1. The molecular formula is C23H26N4O2S. The summed E-state index contributed by atoms with van der Waals surface area (Å²) in [6, 6.07) is 13.8. The van der Waals surface area contributed by atoms with Crippen molar-refractivity contribution in [2.24, 2.45) is 0 Å². The zero-order valence-corrected chi connectivity index (χ0v) is 18.5. The van der Waals surface area contributed by atoms with Gasteiger partial charge in [-0.05, 0) is 56.2 Å². The number of hydrogen-bond donors (Lipinski definition) is 1. The molecule has 0 unspecified atom stereocenters. The second-order valence-electron chi connectivity index (χ2n) is 7.38. The van der Waals surface area contributed by atoms with Crippen molar-refractivity contribution in [1.82, 2.24) is 14.5 Å². The third-order valence-electron chi connectivity index (χ3n) is 4.56. The van der Waals surface area contributed by atoms with Crippen LogP contribution in [0.1, 0.15) is 16.7 Å². The molecule has 6 nitrogen and oxygen atoms in total. The van der Waals surface area contributed by atoms with E-state index in [1.165, 1.54) is 27.8 Å². The number of carbonyl (C=O) groups excluding carboxylic acids is 2. The Morgan fingerprint density at radius 2 is 1.70 bits per heavy atom. The molecule has 1 heterocycles. The van der Waals surface area contributed by atoms with Crippen molar-refractivity contribution in [3.63, 3.8) is 0 Å². The molecule has 3 rings (SSSR count). The Labute approximate surface area is 181 Å². The van der Waals surface area contributed by atoms with Gasteiger partial charge in [0.15, 0.2) is 5.16 Å². The van der Waals surface area contributed by atoms with Crippen LogP contribution in [0.5, 0.6) is 0 Å². The molecule has 0 fully saturated rings. The fourth-order valence-electron chi connectivity index (χ4n) is 3.06. The van der Waals surface area contributed by atoms with Crippen LogP contribution in [0.4, 0.5) is 5.69 Å². The Hall–Kier alpha value is -3.06. The Kier molecular flexibility index (Phi) is 6.95. The molecule has 0 aliphatic carbocycles. The summed E-state index contributed by atoms with van der Waals surface area (Å²) in [7, 11) is 1.63. The van der Waals surface area contributed by atoms with Crippen LogP contribution in [-0.4, -0.2) is 45.6 Å². The Balaban J connectivity index is 1.56. The number of rotatable bonds is 7. The SMILES string of the molecule is Cc1ccc(NC(=O)CN(C)C(=O)CSc2nccn2-c2cc(C)cc(C)c2)cc1. The van der Waals surface area contributed by atoms with Crippen molar-refractivity contribution < 1.29 is 9.59 Å². The first kappa shape index (κ1) is 21.6. The standard InChI is InChI=1S/C23H26N4O2S/c1-16-5-7-19(8-6-16)25-21(28)14-26(4)22(29)15-30-23-24-9-10-27(23)20-12-17(2)11-18(3)13-20/h5-13H,14-15H2,1-4H3,(H,25,28). The second kappa shape index (κ2) is 9.63. The largest absolute Gasteiger partial charge is 0.336 e. The number of thioether (sulfide) groups is 1. The van der Waals surface area contributed by atoms with Crippen molar-refractivity contribution in [2.75, 3.05) is 24.7 Å². The zero-order chi connectivity index (χ0) is 21.7. The molecular weight excluding hydrogens is 396 g/mol. The molecule has 30 heavy (non-hydrogen) atoms. The van der Waals surface area contributed by atoms with Gasteiger partial charge in [0, 0.05) is 30.8 Å². The Morgan fingerprint density at radius 3 is 2.37 bits per heavy atom. The number of anilines is 1. The van der Waals surface area contributed by atoms with Crippen molar-refractivity contribution >= 4 is 29.3 Å². The molecule has 2 aromatic carbocycles. The molecule has 0 atom stereocenters. The van der Waals surface area contributed by atoms with E-state index in [-0.39, 0.29) is 24.1 Å². The molecule has 0 bridgehead atoms. The van der Waals surface area contributed by atoms with Crippen LogP contribution in [0.25, 0.3) is 5.69 Å². The van der Waals surface area contributed by atoms with Crippen molar-refractivity contribution in [1.29, 1.82) is 0 Å². The lowest BCUT2D eigenvalue weighted by atomic mass is 10.1. The summed E-state index contributed by atoms with van der Waals surface area (Å²) >= 11 is 1.36. The summed E-state index contributed by atoms with van der Waals surface area (Å²) in [6.07, 6.45) is 3.61. The van der Waals surface area contributed by atoms with Gasteiger partial charge in [-0.2, -0.15) is 0 Å². The predicted octanol–water partition coefficient (Wildman–Crippen LogP) is 3.99. The van der Waals surface area contributed by atoms with E-state index in [4.69, 9.17) is 0 Å². The summed E-state index contributed by atoms with van der Waals surface area (Å²) < 4.78 is 1.97. The highest BCUT2D eigenvalue weighted by Crippen LogP contribution is 2.22. The number of aryl methyl sites for hydroxylation is 3. The van der Waals surface area contributed by atoms with Crippen LogP contribution in [0.2, 0.25) is 0 Å². The van der Waals surface area contributed by atoms with Gasteiger partial charge in [-0.15, -0.1) is 0 Å². The van der Waals surface area contributed by atoms with Gasteiger partial charge < -0.3 is 10.2 Å². The third kappa shape index (κ3) is 5.73. The van der Waals surface area contributed by atoms with E-state index in [2.05, 4.69) is 42.3 Å². The maximum absolute atomic E-state index is 12.5. The van der Waals surface area contributed by atoms with Gasteiger partial charge in [0.2, 0.25) is 11.8 Å². The van der Waals surface area contributed by atoms with E-state index in [1.807, 2.05) is 42.0 Å². The molecule has 0 saturated carbocycles. The van der Waals surface area contributed by atoms with Crippen LogP contribution in [0.3, 0.4) is 0 Å². The third-order valence-corrected chi connectivity index (χ3v) is 5.51. The van der Waals surface area contributed by atoms with Crippen molar-refractivity contribution in [3.05, 3.63) is 71.5 Å². The van der Waals surface area contributed by atoms with Crippen LogP contribution < -0.4 is 5.32 Å². The molecule has 0 aliphatic heterocycles. The van der Waals surface area contributed by atoms with E-state index < -0.39 is 0 Å². The molecule has 3 aromatic rings. The van der Waals surface area contributed by atoms with Crippen LogP contribution in [0, 0.1) is 20.8 Å². The monoisotopic (exact) mass is 422 g/mol. The summed E-state index contributed by atoms with van der Waals surface area (Å²) in [5.74, 6) is -0.152. The molecule has 1 N–H and O–H groups in total. The molecule has 0 aliphatic rings. The average molecular weight is 423 g/mol. The lowest BCUT2D eigenvalue weighted by Gasteiger charge is -2.17. The molecule has 156 valence electrons. The molecule has 0 spiro atoms. The van der Waals surface area contributed by atoms with E-state index >= 15 is 0 Å². The summed E-state index contributed by atoms with van der Waals surface area (Å²) in [5, 5.41) is 3.55. The fourth-order valence-corrected chi connectivity index (χ4v) is 3.97. The maximum atomic E-state index is 12.5. The molecule has 2 amide bonds. The van der Waals surface area contributed by atoms with Crippen molar-refractivity contribution in [3.8, 4) is 5.69 Å². The van der Waals surface area contributed by atoms with Gasteiger partial charge in [-0.1, -0.05) is 35.5 Å². The number of nitrogens with one attached hydrogen (secondary N) is 1. The van der Waals surface area contributed by atoms with Gasteiger partial charge in [0.05, 0.1) is 12.3 Å². The number of hydrogen-bond acceptors (Lipinski definition) is 4. The van der Waals surface area contributed by atoms with E-state index in [0.717, 1.165) is 22.1 Å². The zero-order valence-electron chi connectivity index (χ0n) is 17.7. The second-order valence-corrected chi connectivity index (χ2v) is 8.32. The first-order valence-electron chi connectivity index (χ1n) is 9.67. The van der Waals surface area contributed by atoms with E-state index in [1.54, 1.807) is 13.2 Å². The van der Waals surface area contributed by atoms with Gasteiger partial charge >= 0.3 is 0 Å². The Morgan fingerprint density at radius 1 is 1.03 bits per heavy atom. The highest BCUT2D eigenvalue weighted by atomic mass is 32.2. The lowest BCUT2D eigenvalue weighted by Crippen LogP contribution is -2.36. The minimum atomic E-state index is -0.226. The summed E-state index contributed by atoms with van der Waals surface area (Å²) in [6.45, 7) is 6.10. The van der Waals surface area contributed by atoms with E-state index in [0.29, 0.717) is 0 Å². The maximum Gasteiger partial charge on any atom is 0.243 e. The lowest BCUT2D eigenvalue weighted by molar-refractivity contribution is -0.131. The first-order chi connectivity index (χ1) is 14.3. The highest BCUT2D eigenvalue weighted by Gasteiger charge is 2.15. The van der Waals surface area contributed by atoms with Crippen molar-refractivity contribution in [2.45, 2.75) is 25.9 Å². The van der Waals surface area contributed by atoms with Gasteiger partial charge in [0.1, 0.15) is 0 Å². The van der Waals surface area contributed by atoms with Crippen LogP contribution in [0.15, 0.2) is 60.0 Å². The average Bonchev–Trinajstić information content (AvgIpc) is 3.15. The number of amides is 2. The highest BCUT2D eigenvalue weighted by molar-refractivity contribution is 7.99.